The van der Waals surface area contributed by atoms with Gasteiger partial charge < -0.3 is 20.2 Å². The largest absolute Gasteiger partial charge is 0.497 e. The Balaban J connectivity index is 0.00000220. The normalized spacial score (nSPS) is 11.0. The number of amides is 1. The van der Waals surface area contributed by atoms with E-state index in [0.29, 0.717) is 12.1 Å². The SMILES string of the molecule is COc1ccc2c(CC(=O)NC(C)(C)CN)coc2c1.Cl. The van der Waals surface area contributed by atoms with Crippen molar-refractivity contribution in [1.29, 1.82) is 0 Å². The summed E-state index contributed by atoms with van der Waals surface area (Å²) in [5, 5.41) is 3.82. The average molecular weight is 313 g/mol. The van der Waals surface area contributed by atoms with Crippen LogP contribution < -0.4 is 15.8 Å². The maximum Gasteiger partial charge on any atom is 0.225 e. The molecule has 0 saturated carbocycles. The highest BCUT2D eigenvalue weighted by Gasteiger charge is 2.19. The molecule has 0 fully saturated rings. The standard InChI is InChI=1S/C15H20N2O3.ClH/c1-15(2,9-16)17-14(18)6-10-8-20-13-7-11(19-3)4-5-12(10)13;/h4-5,7-8H,6,9,16H2,1-3H3,(H,17,18);1H. The van der Waals surface area contributed by atoms with Gasteiger partial charge in [0.05, 0.1) is 19.8 Å². The van der Waals surface area contributed by atoms with Gasteiger partial charge in [0.25, 0.3) is 0 Å². The summed E-state index contributed by atoms with van der Waals surface area (Å²) in [7, 11) is 1.60. The number of hydrogen-bond acceptors (Lipinski definition) is 4. The summed E-state index contributed by atoms with van der Waals surface area (Å²) in [4.78, 5) is 12.0. The number of fused-ring (bicyclic) bond motifs is 1. The maximum atomic E-state index is 12.0. The van der Waals surface area contributed by atoms with Crippen LogP contribution in [0, 0.1) is 0 Å². The average Bonchev–Trinajstić information content (AvgIpc) is 2.80. The zero-order chi connectivity index (χ0) is 14.8. The second-order valence-corrected chi connectivity index (χ2v) is 5.44. The summed E-state index contributed by atoms with van der Waals surface area (Å²) in [6.07, 6.45) is 1.88. The minimum atomic E-state index is -0.403. The lowest BCUT2D eigenvalue weighted by molar-refractivity contribution is -0.121. The first-order valence-electron chi connectivity index (χ1n) is 6.50. The van der Waals surface area contributed by atoms with Crippen LogP contribution >= 0.6 is 12.4 Å². The topological polar surface area (TPSA) is 77.5 Å². The number of rotatable bonds is 5. The monoisotopic (exact) mass is 312 g/mol. The van der Waals surface area contributed by atoms with E-state index in [1.807, 2.05) is 26.0 Å². The number of hydrogen-bond donors (Lipinski definition) is 2. The maximum absolute atomic E-state index is 12.0. The number of nitrogens with two attached hydrogens (primary N) is 1. The third-order valence-electron chi connectivity index (χ3n) is 3.20. The van der Waals surface area contributed by atoms with Gasteiger partial charge >= 0.3 is 0 Å². The molecule has 2 rings (SSSR count). The summed E-state index contributed by atoms with van der Waals surface area (Å²) >= 11 is 0. The van der Waals surface area contributed by atoms with Gasteiger partial charge in [-0.05, 0) is 26.0 Å². The number of benzene rings is 1. The molecule has 0 aliphatic heterocycles. The lowest BCUT2D eigenvalue weighted by Crippen LogP contribution is -2.49. The molecule has 1 aromatic heterocycles. The van der Waals surface area contributed by atoms with Gasteiger partial charge in [0, 0.05) is 29.1 Å². The first-order valence-corrected chi connectivity index (χ1v) is 6.50. The Hall–Kier alpha value is -1.72. The van der Waals surface area contributed by atoms with Gasteiger partial charge in [0.2, 0.25) is 5.91 Å². The molecule has 1 heterocycles. The highest BCUT2D eigenvalue weighted by Crippen LogP contribution is 2.25. The molecule has 0 aliphatic rings. The third kappa shape index (κ3) is 4.12. The zero-order valence-electron chi connectivity index (χ0n) is 12.4. The fourth-order valence-electron chi connectivity index (χ4n) is 1.97. The first kappa shape index (κ1) is 17.3. The highest BCUT2D eigenvalue weighted by atomic mass is 35.5. The molecule has 6 heteroatoms. The van der Waals surface area contributed by atoms with Crippen molar-refractivity contribution < 1.29 is 13.9 Å². The summed E-state index contributed by atoms with van der Waals surface area (Å²) in [6.45, 7) is 4.18. The number of furan rings is 1. The zero-order valence-corrected chi connectivity index (χ0v) is 13.3. The quantitative estimate of drug-likeness (QED) is 0.887. The van der Waals surface area contributed by atoms with E-state index in [4.69, 9.17) is 14.9 Å². The van der Waals surface area contributed by atoms with E-state index in [-0.39, 0.29) is 24.7 Å². The Morgan fingerprint density at radius 1 is 1.43 bits per heavy atom. The van der Waals surface area contributed by atoms with Crippen molar-refractivity contribution in [1.82, 2.24) is 5.32 Å². The van der Waals surface area contributed by atoms with Crippen LogP contribution in [-0.2, 0) is 11.2 Å². The predicted molar refractivity (Wildman–Crippen MR) is 85.0 cm³/mol. The van der Waals surface area contributed by atoms with Crippen LogP contribution in [0.25, 0.3) is 11.0 Å². The number of halogens is 1. The van der Waals surface area contributed by atoms with Gasteiger partial charge in [-0.3, -0.25) is 4.79 Å². The summed E-state index contributed by atoms with van der Waals surface area (Å²) in [5.74, 6) is 0.658. The Morgan fingerprint density at radius 3 is 2.76 bits per heavy atom. The molecule has 0 aliphatic carbocycles. The molecule has 0 atom stereocenters. The molecule has 0 spiro atoms. The summed E-state index contributed by atoms with van der Waals surface area (Å²) in [6, 6.07) is 5.55. The number of methoxy groups -OCH3 is 1. The minimum Gasteiger partial charge on any atom is -0.497 e. The number of carbonyl (C=O) groups is 1. The van der Waals surface area contributed by atoms with Gasteiger partial charge in [0.1, 0.15) is 11.3 Å². The Kier molecular flexibility index (Phi) is 5.63. The summed E-state index contributed by atoms with van der Waals surface area (Å²) in [5.41, 5.74) is 6.77. The van der Waals surface area contributed by atoms with Crippen molar-refractivity contribution in [3.8, 4) is 5.75 Å². The van der Waals surface area contributed by atoms with Crippen molar-refractivity contribution >= 4 is 29.3 Å². The second-order valence-electron chi connectivity index (χ2n) is 5.44. The van der Waals surface area contributed by atoms with Crippen molar-refractivity contribution in [3.05, 3.63) is 30.0 Å². The Bertz CT molecular complexity index is 622. The lowest BCUT2D eigenvalue weighted by Gasteiger charge is -2.24. The van der Waals surface area contributed by atoms with E-state index in [1.54, 1.807) is 19.4 Å². The van der Waals surface area contributed by atoms with Crippen LogP contribution in [0.5, 0.6) is 5.75 Å². The molecule has 0 saturated heterocycles. The third-order valence-corrected chi connectivity index (χ3v) is 3.20. The minimum absolute atomic E-state index is 0. The van der Waals surface area contributed by atoms with E-state index in [0.717, 1.165) is 16.7 Å². The molecule has 21 heavy (non-hydrogen) atoms. The number of nitrogens with one attached hydrogen (secondary N) is 1. The molecule has 3 N–H and O–H groups in total. The summed E-state index contributed by atoms with van der Waals surface area (Å²) < 4.78 is 10.6. The number of ether oxygens (including phenoxy) is 1. The fraction of sp³-hybridized carbons (Fsp3) is 0.400. The molecule has 0 bridgehead atoms. The van der Waals surface area contributed by atoms with Crippen molar-refractivity contribution in [2.75, 3.05) is 13.7 Å². The first-order chi connectivity index (χ1) is 9.45. The van der Waals surface area contributed by atoms with Gasteiger partial charge in [-0.25, -0.2) is 0 Å². The molecular weight excluding hydrogens is 292 g/mol. The lowest BCUT2D eigenvalue weighted by atomic mass is 10.0. The van der Waals surface area contributed by atoms with E-state index < -0.39 is 5.54 Å². The number of carbonyl (C=O) groups excluding carboxylic acids is 1. The van der Waals surface area contributed by atoms with Crippen LogP contribution in [0.2, 0.25) is 0 Å². The van der Waals surface area contributed by atoms with Crippen molar-refractivity contribution in [2.24, 2.45) is 5.73 Å². The van der Waals surface area contributed by atoms with Crippen LogP contribution in [0.4, 0.5) is 0 Å². The van der Waals surface area contributed by atoms with Gasteiger partial charge in [-0.15, -0.1) is 12.4 Å². The van der Waals surface area contributed by atoms with Crippen LogP contribution in [0.1, 0.15) is 19.4 Å². The van der Waals surface area contributed by atoms with Crippen LogP contribution in [0.3, 0.4) is 0 Å². The molecule has 2 aromatic rings. The van der Waals surface area contributed by atoms with Crippen LogP contribution in [0.15, 0.2) is 28.9 Å². The molecule has 0 radical (unpaired) electrons. The predicted octanol–water partition coefficient (Wildman–Crippen LogP) is 2.26. The van der Waals surface area contributed by atoms with Crippen molar-refractivity contribution in [2.45, 2.75) is 25.8 Å². The molecule has 1 amide bonds. The fourth-order valence-corrected chi connectivity index (χ4v) is 1.97. The van der Waals surface area contributed by atoms with E-state index in [1.165, 1.54) is 0 Å². The smallest absolute Gasteiger partial charge is 0.225 e. The second kappa shape index (κ2) is 6.83. The van der Waals surface area contributed by atoms with Crippen molar-refractivity contribution in [3.63, 3.8) is 0 Å². The molecule has 116 valence electrons. The van der Waals surface area contributed by atoms with Gasteiger partial charge in [-0.2, -0.15) is 0 Å². The molecule has 5 nitrogen and oxygen atoms in total. The van der Waals surface area contributed by atoms with E-state index >= 15 is 0 Å². The van der Waals surface area contributed by atoms with Gasteiger partial charge in [-0.1, -0.05) is 0 Å². The van der Waals surface area contributed by atoms with Gasteiger partial charge in [0.15, 0.2) is 0 Å². The Morgan fingerprint density at radius 2 is 2.14 bits per heavy atom. The molecule has 1 aromatic carbocycles. The van der Waals surface area contributed by atoms with E-state index in [9.17, 15) is 4.79 Å². The van der Waals surface area contributed by atoms with E-state index in [2.05, 4.69) is 5.32 Å². The molecule has 0 unspecified atom stereocenters. The highest BCUT2D eigenvalue weighted by molar-refractivity contribution is 5.88. The Labute approximate surface area is 130 Å². The van der Waals surface area contributed by atoms with Crippen LogP contribution in [-0.4, -0.2) is 25.1 Å². The molecular formula is C15H21ClN2O3.